The molecule has 0 amide bonds. The van der Waals surface area contributed by atoms with Crippen molar-refractivity contribution in [2.45, 2.75) is 51.6 Å². The lowest BCUT2D eigenvalue weighted by atomic mass is 9.76. The fourth-order valence-electron chi connectivity index (χ4n) is 3.22. The van der Waals surface area contributed by atoms with Gasteiger partial charge in [-0.2, -0.15) is 5.10 Å². The molecule has 0 spiro atoms. The zero-order valence-electron chi connectivity index (χ0n) is 13.0. The Balaban J connectivity index is 1.34. The number of nitrogens with one attached hydrogen (secondary N) is 1. The molecule has 1 fully saturated rings. The van der Waals surface area contributed by atoms with E-state index in [1.807, 2.05) is 0 Å². The predicted molar refractivity (Wildman–Crippen MR) is 86.5 cm³/mol. The maximum absolute atomic E-state index is 4.50. The predicted octanol–water partition coefficient (Wildman–Crippen LogP) is 3.43. The molecule has 1 aromatic heterocycles. The molecule has 0 bridgehead atoms. The van der Waals surface area contributed by atoms with Crippen LogP contribution in [0.15, 0.2) is 36.4 Å². The molecule has 1 aliphatic rings. The molecule has 0 aliphatic heterocycles. The normalized spacial score (nSPS) is 21.2. The van der Waals surface area contributed by atoms with Gasteiger partial charge >= 0.3 is 0 Å². The molecule has 0 atom stereocenters. The first-order chi connectivity index (χ1) is 10.2. The fraction of sp³-hybridized carbons (Fsp3) is 0.500. The summed E-state index contributed by atoms with van der Waals surface area (Å²) in [6.07, 6.45) is 3.71. The van der Waals surface area contributed by atoms with Gasteiger partial charge in [-0.25, -0.2) is 0 Å². The maximum atomic E-state index is 4.50. The molecule has 1 aromatic carbocycles. The van der Waals surface area contributed by atoms with E-state index >= 15 is 0 Å². The van der Waals surface area contributed by atoms with Crippen molar-refractivity contribution >= 4 is 0 Å². The van der Waals surface area contributed by atoms with Crippen molar-refractivity contribution in [1.29, 1.82) is 0 Å². The Labute approximate surface area is 127 Å². The van der Waals surface area contributed by atoms with Gasteiger partial charge in [0.1, 0.15) is 0 Å². The van der Waals surface area contributed by atoms with Crippen LogP contribution in [0.25, 0.3) is 0 Å². The summed E-state index contributed by atoms with van der Waals surface area (Å²) in [6.45, 7) is 6.29. The van der Waals surface area contributed by atoms with E-state index in [2.05, 4.69) is 65.3 Å². The first kappa shape index (κ1) is 14.3. The van der Waals surface area contributed by atoms with Gasteiger partial charge < -0.3 is 5.32 Å². The van der Waals surface area contributed by atoms with Gasteiger partial charge in [-0.15, -0.1) is 0 Å². The van der Waals surface area contributed by atoms with Crippen LogP contribution in [-0.2, 0) is 6.54 Å². The molecular formula is C18H25N3. The monoisotopic (exact) mass is 283 g/mol. The molecule has 2 aromatic rings. The summed E-state index contributed by atoms with van der Waals surface area (Å²) >= 11 is 0. The maximum Gasteiger partial charge on any atom is 0.0596 e. The summed E-state index contributed by atoms with van der Waals surface area (Å²) in [5, 5.41) is 8.18. The first-order valence-corrected chi connectivity index (χ1v) is 8.02. The molecule has 1 heterocycles. The fourth-order valence-corrected chi connectivity index (χ4v) is 3.22. The Morgan fingerprint density at radius 1 is 1.19 bits per heavy atom. The zero-order chi connectivity index (χ0) is 14.7. The lowest BCUT2D eigenvalue weighted by Crippen LogP contribution is -2.40. The minimum atomic E-state index is 0.704. The number of benzene rings is 1. The van der Waals surface area contributed by atoms with Crippen LogP contribution in [0.2, 0.25) is 0 Å². The molecule has 0 radical (unpaired) electrons. The number of hydrogen-bond acceptors (Lipinski definition) is 2. The molecule has 0 saturated heterocycles. The molecule has 3 rings (SSSR count). The van der Waals surface area contributed by atoms with E-state index in [4.69, 9.17) is 0 Å². The van der Waals surface area contributed by atoms with Crippen LogP contribution in [0.4, 0.5) is 0 Å². The van der Waals surface area contributed by atoms with E-state index in [9.17, 15) is 0 Å². The van der Waals surface area contributed by atoms with Crippen LogP contribution in [0, 0.1) is 13.8 Å². The molecule has 1 aliphatic carbocycles. The minimum absolute atomic E-state index is 0.704. The van der Waals surface area contributed by atoms with Gasteiger partial charge in [-0.3, -0.25) is 4.68 Å². The Hall–Kier alpha value is -1.61. The molecule has 1 saturated carbocycles. The average molecular weight is 283 g/mol. The van der Waals surface area contributed by atoms with Gasteiger partial charge in [0.15, 0.2) is 0 Å². The van der Waals surface area contributed by atoms with Gasteiger partial charge in [-0.1, -0.05) is 30.3 Å². The highest BCUT2D eigenvalue weighted by Gasteiger charge is 2.29. The van der Waals surface area contributed by atoms with E-state index in [1.165, 1.54) is 24.1 Å². The number of aryl methyl sites for hydroxylation is 3. The van der Waals surface area contributed by atoms with E-state index in [0.29, 0.717) is 6.04 Å². The Kier molecular flexibility index (Phi) is 4.39. The summed E-state index contributed by atoms with van der Waals surface area (Å²) in [6, 6.07) is 13.7. The van der Waals surface area contributed by atoms with Crippen molar-refractivity contribution in [3.63, 3.8) is 0 Å². The highest BCUT2D eigenvalue weighted by Crippen LogP contribution is 2.36. The Morgan fingerprint density at radius 2 is 1.95 bits per heavy atom. The summed E-state index contributed by atoms with van der Waals surface area (Å²) in [5.74, 6) is 0.764. The number of hydrogen-bond donors (Lipinski definition) is 1. The quantitative estimate of drug-likeness (QED) is 0.823. The summed E-state index contributed by atoms with van der Waals surface area (Å²) in [5.41, 5.74) is 3.88. The SMILES string of the molecule is Cc1cc(C)n(CCCNC2CC(c3ccccc3)C2)n1. The van der Waals surface area contributed by atoms with Crippen LogP contribution < -0.4 is 5.32 Å². The second-order valence-electron chi connectivity index (χ2n) is 6.23. The number of rotatable bonds is 6. The van der Waals surface area contributed by atoms with Gasteiger partial charge in [0.2, 0.25) is 0 Å². The number of nitrogens with zero attached hydrogens (tertiary/aromatic N) is 2. The van der Waals surface area contributed by atoms with Crippen molar-refractivity contribution < 1.29 is 0 Å². The molecule has 112 valence electrons. The van der Waals surface area contributed by atoms with Crippen LogP contribution in [0.5, 0.6) is 0 Å². The van der Waals surface area contributed by atoms with Crippen molar-refractivity contribution in [2.75, 3.05) is 6.54 Å². The molecule has 1 N–H and O–H groups in total. The van der Waals surface area contributed by atoms with Gasteiger partial charge in [0.25, 0.3) is 0 Å². The minimum Gasteiger partial charge on any atom is -0.314 e. The van der Waals surface area contributed by atoms with E-state index in [0.717, 1.165) is 31.1 Å². The lowest BCUT2D eigenvalue weighted by molar-refractivity contribution is 0.288. The molecular weight excluding hydrogens is 258 g/mol. The van der Waals surface area contributed by atoms with Crippen molar-refractivity contribution in [3.05, 3.63) is 53.3 Å². The largest absolute Gasteiger partial charge is 0.314 e. The Morgan fingerprint density at radius 3 is 2.62 bits per heavy atom. The second-order valence-corrected chi connectivity index (χ2v) is 6.23. The van der Waals surface area contributed by atoms with Gasteiger partial charge in [-0.05, 0) is 57.2 Å². The average Bonchev–Trinajstić information content (AvgIpc) is 2.76. The second kappa shape index (κ2) is 6.44. The third-order valence-corrected chi connectivity index (χ3v) is 4.49. The number of aromatic nitrogens is 2. The van der Waals surface area contributed by atoms with Crippen molar-refractivity contribution in [1.82, 2.24) is 15.1 Å². The van der Waals surface area contributed by atoms with Gasteiger partial charge in [0.05, 0.1) is 5.69 Å². The summed E-state index contributed by atoms with van der Waals surface area (Å²) in [7, 11) is 0. The standard InChI is InChI=1S/C18H25N3/c1-14-11-15(2)21(20-14)10-6-9-19-18-12-17(13-18)16-7-4-3-5-8-16/h3-5,7-8,11,17-19H,6,9-10,12-13H2,1-2H3. The van der Waals surface area contributed by atoms with Crippen LogP contribution >= 0.6 is 0 Å². The Bertz CT molecular complexity index is 567. The van der Waals surface area contributed by atoms with Crippen molar-refractivity contribution in [2.24, 2.45) is 0 Å². The smallest absolute Gasteiger partial charge is 0.0596 e. The topological polar surface area (TPSA) is 29.9 Å². The zero-order valence-corrected chi connectivity index (χ0v) is 13.0. The van der Waals surface area contributed by atoms with Crippen LogP contribution in [-0.4, -0.2) is 22.4 Å². The van der Waals surface area contributed by atoms with Gasteiger partial charge in [0, 0.05) is 18.3 Å². The summed E-state index contributed by atoms with van der Waals surface area (Å²) in [4.78, 5) is 0. The lowest BCUT2D eigenvalue weighted by Gasteiger charge is -2.36. The van der Waals surface area contributed by atoms with E-state index in [-0.39, 0.29) is 0 Å². The van der Waals surface area contributed by atoms with E-state index < -0.39 is 0 Å². The molecule has 3 nitrogen and oxygen atoms in total. The molecule has 21 heavy (non-hydrogen) atoms. The third-order valence-electron chi connectivity index (χ3n) is 4.49. The summed E-state index contributed by atoms with van der Waals surface area (Å²) < 4.78 is 2.12. The highest BCUT2D eigenvalue weighted by molar-refractivity contribution is 5.22. The van der Waals surface area contributed by atoms with Crippen LogP contribution in [0.3, 0.4) is 0 Å². The third kappa shape index (κ3) is 3.53. The van der Waals surface area contributed by atoms with Crippen molar-refractivity contribution in [3.8, 4) is 0 Å². The molecule has 0 unspecified atom stereocenters. The van der Waals surface area contributed by atoms with E-state index in [1.54, 1.807) is 0 Å². The first-order valence-electron chi connectivity index (χ1n) is 8.02. The molecule has 3 heteroatoms. The van der Waals surface area contributed by atoms with Crippen LogP contribution in [0.1, 0.15) is 42.1 Å². The highest BCUT2D eigenvalue weighted by atomic mass is 15.3.